The molecule has 8 nitrogen and oxygen atoms in total. The van der Waals surface area contributed by atoms with Crippen LogP contribution >= 0.6 is 0 Å². The fourth-order valence-corrected chi connectivity index (χ4v) is 6.07. The number of carbonyl (C=O) groups excluding carboxylic acids is 5. The molecule has 0 spiro atoms. The zero-order valence-corrected chi connectivity index (χ0v) is 20.2. The van der Waals surface area contributed by atoms with Gasteiger partial charge in [-0.3, -0.25) is 24.0 Å². The monoisotopic (exact) mass is 531 g/mol. The molecule has 1 heterocycles. The highest BCUT2D eigenvalue weighted by Gasteiger charge is 2.53. The molecule has 7 atom stereocenters. The van der Waals surface area contributed by atoms with Crippen LogP contribution in [0.25, 0.3) is 0 Å². The van der Waals surface area contributed by atoms with Crippen LogP contribution in [0, 0.1) is 17.8 Å². The maximum absolute atomic E-state index is 13.7. The SMILES string of the molecule is C[C@H]1O[C@@H](CC2C=CCC3C(=O)C4=C(C(=O)c5ccccc5C4=O)C(=O)C23)C[C@H](NC(=O)C(F)(F)F)[C@H]1O. The van der Waals surface area contributed by atoms with Crippen LogP contribution in [0.15, 0.2) is 47.6 Å². The highest BCUT2D eigenvalue weighted by Crippen LogP contribution is 2.45. The number of nitrogens with one attached hydrogen (secondary N) is 1. The van der Waals surface area contributed by atoms with E-state index in [0.29, 0.717) is 0 Å². The molecule has 38 heavy (non-hydrogen) atoms. The smallest absolute Gasteiger partial charge is 0.388 e. The Kier molecular flexibility index (Phi) is 6.47. The highest BCUT2D eigenvalue weighted by atomic mass is 19.4. The third-order valence-corrected chi connectivity index (χ3v) is 7.85. The molecule has 1 fully saturated rings. The van der Waals surface area contributed by atoms with Gasteiger partial charge in [0, 0.05) is 23.0 Å². The number of halogens is 3. The Morgan fingerprint density at radius 3 is 2.26 bits per heavy atom. The molecule has 3 unspecified atom stereocenters. The average molecular weight is 531 g/mol. The molecule has 0 bridgehead atoms. The Labute approximate surface area is 214 Å². The average Bonchev–Trinajstić information content (AvgIpc) is 2.87. The van der Waals surface area contributed by atoms with Gasteiger partial charge < -0.3 is 15.2 Å². The van der Waals surface area contributed by atoms with E-state index in [1.807, 2.05) is 5.32 Å². The van der Waals surface area contributed by atoms with Gasteiger partial charge in [-0.05, 0) is 32.1 Å². The van der Waals surface area contributed by atoms with E-state index >= 15 is 0 Å². The van der Waals surface area contributed by atoms with Crippen molar-refractivity contribution in [3.8, 4) is 0 Å². The lowest BCUT2D eigenvalue weighted by atomic mass is 9.61. The van der Waals surface area contributed by atoms with Gasteiger partial charge in [-0.15, -0.1) is 0 Å². The van der Waals surface area contributed by atoms with Crippen molar-refractivity contribution >= 4 is 29.0 Å². The van der Waals surface area contributed by atoms with Gasteiger partial charge in [-0.25, -0.2) is 0 Å². The first-order valence-electron chi connectivity index (χ1n) is 12.3. The summed E-state index contributed by atoms with van der Waals surface area (Å²) in [5.41, 5.74) is -0.659. The summed E-state index contributed by atoms with van der Waals surface area (Å²) in [6.07, 6.45) is -4.65. The quantitative estimate of drug-likeness (QED) is 0.453. The lowest BCUT2D eigenvalue weighted by Gasteiger charge is -2.42. The molecule has 11 heteroatoms. The summed E-state index contributed by atoms with van der Waals surface area (Å²) in [4.78, 5) is 65.0. The van der Waals surface area contributed by atoms with Gasteiger partial charge >= 0.3 is 12.1 Å². The minimum Gasteiger partial charge on any atom is -0.388 e. The number of ether oxygens (including phenoxy) is 1. The minimum absolute atomic E-state index is 0.0559. The van der Waals surface area contributed by atoms with E-state index in [1.54, 1.807) is 24.3 Å². The molecule has 1 aromatic rings. The molecule has 4 aliphatic rings. The summed E-state index contributed by atoms with van der Waals surface area (Å²) in [6.45, 7) is 1.46. The van der Waals surface area contributed by atoms with Crippen LogP contribution in [-0.4, -0.2) is 64.7 Å². The second-order valence-corrected chi connectivity index (χ2v) is 10.1. The zero-order valence-electron chi connectivity index (χ0n) is 20.2. The van der Waals surface area contributed by atoms with Crippen LogP contribution in [0.5, 0.6) is 0 Å². The molecule has 2 N–H and O–H groups in total. The number of ketones is 4. The molecule has 3 aliphatic carbocycles. The molecule has 1 aliphatic heterocycles. The first kappa shape index (κ1) is 26.2. The van der Waals surface area contributed by atoms with Crippen molar-refractivity contribution in [1.29, 1.82) is 0 Å². The van der Waals surface area contributed by atoms with Crippen molar-refractivity contribution in [2.45, 2.75) is 56.7 Å². The molecular weight excluding hydrogens is 507 g/mol. The Balaban J connectivity index is 1.41. The number of hydrogen-bond acceptors (Lipinski definition) is 7. The minimum atomic E-state index is -5.13. The number of aliphatic hydroxyl groups is 1. The number of Topliss-reactive ketones (excluding diaryl/α,β-unsaturated/α-hetero) is 4. The predicted octanol–water partition coefficient (Wildman–Crippen LogP) is 2.30. The number of alkyl halides is 3. The Morgan fingerprint density at radius 2 is 1.66 bits per heavy atom. The molecule has 1 saturated heterocycles. The molecule has 1 aromatic carbocycles. The Bertz CT molecular complexity index is 1310. The number of fused-ring (bicyclic) bond motifs is 2. The second kappa shape index (κ2) is 9.39. The fourth-order valence-electron chi connectivity index (χ4n) is 6.07. The van der Waals surface area contributed by atoms with Crippen LogP contribution in [-0.2, 0) is 19.1 Å². The molecule has 200 valence electrons. The van der Waals surface area contributed by atoms with E-state index in [-0.39, 0.29) is 36.0 Å². The fraction of sp³-hybridized carbons (Fsp3) is 0.444. The molecule has 5 rings (SSSR count). The topological polar surface area (TPSA) is 127 Å². The number of hydrogen-bond donors (Lipinski definition) is 2. The van der Waals surface area contributed by atoms with Gasteiger partial charge in [0.1, 0.15) is 6.10 Å². The lowest BCUT2D eigenvalue weighted by molar-refractivity contribution is -0.179. The van der Waals surface area contributed by atoms with Gasteiger partial charge in [-0.1, -0.05) is 36.4 Å². The van der Waals surface area contributed by atoms with Crippen molar-refractivity contribution in [2.75, 3.05) is 0 Å². The van der Waals surface area contributed by atoms with Gasteiger partial charge in [0.15, 0.2) is 23.1 Å². The van der Waals surface area contributed by atoms with Crippen molar-refractivity contribution < 1.29 is 47.0 Å². The van der Waals surface area contributed by atoms with E-state index in [4.69, 9.17) is 4.74 Å². The first-order chi connectivity index (χ1) is 17.9. The number of carbonyl (C=O) groups is 5. The van der Waals surface area contributed by atoms with Crippen molar-refractivity contribution in [3.63, 3.8) is 0 Å². The predicted molar refractivity (Wildman–Crippen MR) is 124 cm³/mol. The standard InChI is InChI=1S/C27H24F3NO7/c1-11-21(32)17(31-26(37)27(28,29)30)10-13(38-11)9-12-5-4-8-16-18(12)25(36)20-19(24(16)35)22(33)14-6-2-3-7-15(14)23(20)34/h2-7,11-13,16-18,21,32H,8-10H2,1H3,(H,31,37)/t11-,12?,13+,16?,17+,18?,21+/m1/s1. The number of amides is 1. The molecule has 0 aromatic heterocycles. The number of aliphatic hydroxyl groups excluding tert-OH is 1. The number of rotatable bonds is 3. The molecule has 1 amide bonds. The van der Waals surface area contributed by atoms with Gasteiger partial charge in [0.25, 0.3) is 0 Å². The lowest BCUT2D eigenvalue weighted by Crippen LogP contribution is -2.57. The van der Waals surface area contributed by atoms with E-state index in [9.17, 15) is 42.3 Å². The Hall–Kier alpha value is -3.44. The van der Waals surface area contributed by atoms with E-state index < -0.39 is 82.9 Å². The number of benzene rings is 1. The van der Waals surface area contributed by atoms with Gasteiger partial charge in [0.05, 0.1) is 29.4 Å². The third kappa shape index (κ3) is 4.23. The van der Waals surface area contributed by atoms with Crippen molar-refractivity contribution in [3.05, 3.63) is 58.7 Å². The van der Waals surface area contributed by atoms with Crippen molar-refractivity contribution in [1.82, 2.24) is 5.32 Å². The van der Waals surface area contributed by atoms with E-state index in [2.05, 4.69) is 0 Å². The second-order valence-electron chi connectivity index (χ2n) is 10.1. The van der Waals surface area contributed by atoms with Crippen LogP contribution in [0.3, 0.4) is 0 Å². The van der Waals surface area contributed by atoms with Crippen LogP contribution in [0.4, 0.5) is 13.2 Å². The van der Waals surface area contributed by atoms with Gasteiger partial charge in [0.2, 0.25) is 0 Å². The van der Waals surface area contributed by atoms with Crippen molar-refractivity contribution in [2.24, 2.45) is 17.8 Å². The summed E-state index contributed by atoms with van der Waals surface area (Å²) >= 11 is 0. The summed E-state index contributed by atoms with van der Waals surface area (Å²) in [6, 6.07) is 4.76. The normalized spacial score (nSPS) is 33.0. The number of allylic oxidation sites excluding steroid dienone is 4. The maximum atomic E-state index is 13.7. The van der Waals surface area contributed by atoms with E-state index in [0.717, 1.165) is 0 Å². The summed E-state index contributed by atoms with van der Waals surface area (Å²) in [7, 11) is 0. The molecule has 0 saturated carbocycles. The Morgan fingerprint density at radius 1 is 1.05 bits per heavy atom. The van der Waals surface area contributed by atoms with Crippen LogP contribution in [0.1, 0.15) is 46.9 Å². The molecular formula is C27H24F3NO7. The zero-order chi connectivity index (χ0) is 27.5. The van der Waals surface area contributed by atoms with Crippen LogP contribution < -0.4 is 5.32 Å². The van der Waals surface area contributed by atoms with Crippen LogP contribution in [0.2, 0.25) is 0 Å². The maximum Gasteiger partial charge on any atom is 0.471 e. The first-order valence-corrected chi connectivity index (χ1v) is 12.3. The largest absolute Gasteiger partial charge is 0.471 e. The van der Waals surface area contributed by atoms with Gasteiger partial charge in [-0.2, -0.15) is 13.2 Å². The summed E-state index contributed by atoms with van der Waals surface area (Å²) < 4.78 is 44.2. The summed E-state index contributed by atoms with van der Waals surface area (Å²) in [5.74, 6) is -7.15. The molecule has 0 radical (unpaired) electrons. The summed E-state index contributed by atoms with van der Waals surface area (Å²) in [5, 5.41) is 12.1. The van der Waals surface area contributed by atoms with E-state index in [1.165, 1.54) is 19.1 Å². The third-order valence-electron chi connectivity index (χ3n) is 7.85. The highest BCUT2D eigenvalue weighted by molar-refractivity contribution is 6.45.